The minimum Gasteiger partial charge on any atom is -0.355 e. The fraction of sp³-hybridized carbons (Fsp3) is 0.500. The molecule has 1 aromatic carbocycles. The quantitative estimate of drug-likeness (QED) is 0.835. The van der Waals surface area contributed by atoms with Gasteiger partial charge in [0.1, 0.15) is 0 Å². The van der Waals surface area contributed by atoms with Crippen LogP contribution < -0.4 is 5.32 Å². The Kier molecular flexibility index (Phi) is 5.14. The molecule has 1 N–H and O–H groups in total. The summed E-state index contributed by atoms with van der Waals surface area (Å²) in [5.41, 5.74) is -0.465. The number of carbonyl (C=O) groups is 1. The van der Waals surface area contributed by atoms with Crippen LogP contribution in [0.3, 0.4) is 0 Å². The van der Waals surface area contributed by atoms with E-state index in [9.17, 15) is 18.0 Å². The number of likely N-dealkylation sites (tertiary alicyclic amines) is 1. The highest BCUT2D eigenvalue weighted by atomic mass is 19.4. The van der Waals surface area contributed by atoms with Crippen LogP contribution >= 0.6 is 0 Å². The fourth-order valence-corrected chi connectivity index (χ4v) is 3.55. The summed E-state index contributed by atoms with van der Waals surface area (Å²) in [5, 5.41) is 6.69. The molecule has 2 aliphatic rings. The molecule has 0 spiro atoms. The zero-order valence-corrected chi connectivity index (χ0v) is 15.3. The summed E-state index contributed by atoms with van der Waals surface area (Å²) in [6.45, 7) is 3.09. The van der Waals surface area contributed by atoms with Crippen LogP contribution in [0, 0.1) is 5.92 Å². The number of carbonyl (C=O) groups excluding carboxylic acids is 1. The zero-order valence-electron chi connectivity index (χ0n) is 15.3. The molecule has 150 valence electrons. The van der Waals surface area contributed by atoms with Gasteiger partial charge in [0.2, 0.25) is 0 Å². The lowest BCUT2D eigenvalue weighted by Gasteiger charge is -2.32. The van der Waals surface area contributed by atoms with E-state index in [1.807, 2.05) is 0 Å². The first-order valence-electron chi connectivity index (χ1n) is 9.56. The van der Waals surface area contributed by atoms with E-state index >= 15 is 0 Å². The van der Waals surface area contributed by atoms with Crippen molar-refractivity contribution in [3.63, 3.8) is 0 Å². The molecule has 2 aromatic rings. The summed E-state index contributed by atoms with van der Waals surface area (Å²) in [4.78, 5) is 14.9. The van der Waals surface area contributed by atoms with Gasteiger partial charge >= 0.3 is 6.18 Å². The molecule has 1 saturated carbocycles. The van der Waals surface area contributed by atoms with E-state index in [4.69, 9.17) is 4.52 Å². The van der Waals surface area contributed by atoms with Gasteiger partial charge in [0.15, 0.2) is 11.5 Å². The Labute approximate surface area is 160 Å². The largest absolute Gasteiger partial charge is 0.416 e. The monoisotopic (exact) mass is 393 g/mol. The molecule has 5 nitrogen and oxygen atoms in total. The molecule has 1 amide bonds. The third-order valence-electron chi connectivity index (χ3n) is 5.35. The Hall–Kier alpha value is -2.35. The molecule has 0 unspecified atom stereocenters. The Balaban J connectivity index is 1.36. The Morgan fingerprint density at radius 2 is 1.93 bits per heavy atom. The van der Waals surface area contributed by atoms with Crippen molar-refractivity contribution in [2.24, 2.45) is 5.92 Å². The highest BCUT2D eigenvalue weighted by Gasteiger charge is 2.31. The summed E-state index contributed by atoms with van der Waals surface area (Å²) in [7, 11) is 0. The molecule has 28 heavy (non-hydrogen) atoms. The molecule has 4 rings (SSSR count). The predicted molar refractivity (Wildman–Crippen MR) is 96.6 cm³/mol. The van der Waals surface area contributed by atoms with E-state index in [0.29, 0.717) is 0 Å². The van der Waals surface area contributed by atoms with Crippen molar-refractivity contribution in [3.05, 3.63) is 41.6 Å². The average molecular weight is 393 g/mol. The van der Waals surface area contributed by atoms with Crippen LogP contribution in [0.5, 0.6) is 0 Å². The minimum absolute atomic E-state index is 0.0767. The zero-order chi connectivity index (χ0) is 19.7. The van der Waals surface area contributed by atoms with Crippen LogP contribution in [0.15, 0.2) is 34.9 Å². The number of rotatable bonds is 5. The summed E-state index contributed by atoms with van der Waals surface area (Å²) < 4.78 is 43.7. The average Bonchev–Trinajstić information content (AvgIpc) is 3.34. The maximum Gasteiger partial charge on any atom is 0.416 e. The van der Waals surface area contributed by atoms with Crippen LogP contribution in [0.2, 0.25) is 0 Å². The molecule has 0 radical (unpaired) electrons. The van der Waals surface area contributed by atoms with Gasteiger partial charge in [-0.05, 0) is 43.7 Å². The second-order valence-electron chi connectivity index (χ2n) is 7.65. The standard InChI is InChI=1S/C20H22F3N3O2/c21-20(22,23)15-3-1-2-14(10-15)18-11-17(25-28-18)19(27)24-16-6-8-26(9-7-16)12-13-4-5-13/h1-3,10-11,13,16H,4-9,12H2,(H,24,27). The first-order chi connectivity index (χ1) is 13.4. The fourth-order valence-electron chi connectivity index (χ4n) is 3.55. The Morgan fingerprint density at radius 1 is 1.18 bits per heavy atom. The molecule has 1 aromatic heterocycles. The molecular weight excluding hydrogens is 371 g/mol. The van der Waals surface area contributed by atoms with Crippen molar-refractivity contribution in [2.75, 3.05) is 19.6 Å². The van der Waals surface area contributed by atoms with Crippen molar-refractivity contribution in [2.45, 2.75) is 37.9 Å². The second kappa shape index (κ2) is 7.58. The summed E-state index contributed by atoms with van der Waals surface area (Å²) in [6.07, 6.45) is -0.00767. The number of amides is 1. The highest BCUT2D eigenvalue weighted by Crippen LogP contribution is 2.32. The molecule has 1 aliphatic carbocycles. The third-order valence-corrected chi connectivity index (χ3v) is 5.35. The van der Waals surface area contributed by atoms with Gasteiger partial charge in [0.25, 0.3) is 5.91 Å². The van der Waals surface area contributed by atoms with Gasteiger partial charge in [-0.3, -0.25) is 4.79 Å². The Morgan fingerprint density at radius 3 is 2.61 bits per heavy atom. The first-order valence-corrected chi connectivity index (χ1v) is 9.56. The second-order valence-corrected chi connectivity index (χ2v) is 7.65. The molecular formula is C20H22F3N3O2. The maximum atomic E-state index is 12.9. The van der Waals surface area contributed by atoms with E-state index in [1.165, 1.54) is 31.0 Å². The lowest BCUT2D eigenvalue weighted by molar-refractivity contribution is -0.137. The van der Waals surface area contributed by atoms with Gasteiger partial charge in [-0.2, -0.15) is 13.2 Å². The van der Waals surface area contributed by atoms with E-state index in [-0.39, 0.29) is 29.0 Å². The summed E-state index contributed by atoms with van der Waals surface area (Å²) in [6, 6.07) is 6.23. The first kappa shape index (κ1) is 19.0. The van der Waals surface area contributed by atoms with Crippen molar-refractivity contribution >= 4 is 5.91 Å². The lowest BCUT2D eigenvalue weighted by Crippen LogP contribution is -2.45. The number of nitrogens with zero attached hydrogens (tertiary/aromatic N) is 2. The third kappa shape index (κ3) is 4.55. The molecule has 0 atom stereocenters. The van der Waals surface area contributed by atoms with Crippen LogP contribution in [0.1, 0.15) is 41.7 Å². The number of hydrogen-bond donors (Lipinski definition) is 1. The normalized spacial score (nSPS) is 19.0. The molecule has 0 bridgehead atoms. The van der Waals surface area contributed by atoms with E-state index in [0.717, 1.165) is 50.5 Å². The van der Waals surface area contributed by atoms with Gasteiger partial charge in [0, 0.05) is 37.3 Å². The molecule has 8 heteroatoms. The minimum atomic E-state index is -4.44. The summed E-state index contributed by atoms with van der Waals surface area (Å²) in [5.74, 6) is 0.633. The SMILES string of the molecule is O=C(NC1CCN(CC2CC2)CC1)c1cc(-c2cccc(C(F)(F)F)c2)on1. The van der Waals surface area contributed by atoms with Gasteiger partial charge < -0.3 is 14.7 Å². The molecule has 1 aliphatic heterocycles. The van der Waals surface area contributed by atoms with Crippen molar-refractivity contribution in [1.29, 1.82) is 0 Å². The van der Waals surface area contributed by atoms with Crippen LogP contribution in [-0.2, 0) is 6.18 Å². The van der Waals surface area contributed by atoms with Gasteiger partial charge in [-0.1, -0.05) is 17.3 Å². The number of aromatic nitrogens is 1. The van der Waals surface area contributed by atoms with E-state index in [2.05, 4.69) is 15.4 Å². The van der Waals surface area contributed by atoms with E-state index in [1.54, 1.807) is 0 Å². The summed E-state index contributed by atoms with van der Waals surface area (Å²) >= 11 is 0. The number of alkyl halides is 3. The van der Waals surface area contributed by atoms with Crippen LogP contribution in [0.25, 0.3) is 11.3 Å². The van der Waals surface area contributed by atoms with Gasteiger partial charge in [0.05, 0.1) is 5.56 Å². The highest BCUT2D eigenvalue weighted by molar-refractivity contribution is 5.93. The topological polar surface area (TPSA) is 58.4 Å². The number of halogens is 3. The number of benzene rings is 1. The van der Waals surface area contributed by atoms with Crippen LogP contribution in [-0.4, -0.2) is 41.6 Å². The number of hydrogen-bond acceptors (Lipinski definition) is 4. The van der Waals surface area contributed by atoms with Crippen LogP contribution in [0.4, 0.5) is 13.2 Å². The molecule has 2 fully saturated rings. The molecule has 1 saturated heterocycles. The van der Waals surface area contributed by atoms with Gasteiger partial charge in [-0.25, -0.2) is 0 Å². The predicted octanol–water partition coefficient (Wildman–Crippen LogP) is 3.96. The number of nitrogens with one attached hydrogen (secondary N) is 1. The van der Waals surface area contributed by atoms with Crippen molar-refractivity contribution in [3.8, 4) is 11.3 Å². The number of piperidine rings is 1. The smallest absolute Gasteiger partial charge is 0.355 e. The van der Waals surface area contributed by atoms with Gasteiger partial charge in [-0.15, -0.1) is 0 Å². The molecule has 2 heterocycles. The Bertz CT molecular complexity index is 837. The van der Waals surface area contributed by atoms with Crippen molar-refractivity contribution in [1.82, 2.24) is 15.4 Å². The van der Waals surface area contributed by atoms with E-state index < -0.39 is 11.7 Å². The maximum absolute atomic E-state index is 12.9. The van der Waals surface area contributed by atoms with Crippen molar-refractivity contribution < 1.29 is 22.5 Å². The lowest BCUT2D eigenvalue weighted by atomic mass is 10.0.